The average Bonchev–Trinajstić information content (AvgIpc) is 3.53. The van der Waals surface area contributed by atoms with E-state index in [1.54, 1.807) is 18.3 Å². The van der Waals surface area contributed by atoms with Crippen LogP contribution in [0.5, 0.6) is 5.75 Å². The number of carbonyl (C=O) groups excluding carboxylic acids is 2. The van der Waals surface area contributed by atoms with Gasteiger partial charge in [-0.05, 0) is 18.9 Å². The lowest BCUT2D eigenvalue weighted by Gasteiger charge is -2.16. The number of hydrogen-bond acceptors (Lipinski definition) is 8. The van der Waals surface area contributed by atoms with Crippen LogP contribution in [0.15, 0.2) is 30.7 Å². The van der Waals surface area contributed by atoms with E-state index >= 15 is 0 Å². The van der Waals surface area contributed by atoms with Crippen LogP contribution in [0.2, 0.25) is 0 Å². The van der Waals surface area contributed by atoms with Crippen molar-refractivity contribution < 1.29 is 19.1 Å². The predicted molar refractivity (Wildman–Crippen MR) is 107 cm³/mol. The molecule has 0 unspecified atom stereocenters. The Balaban J connectivity index is 1.76. The fraction of sp³-hybridized carbons (Fsp3) is 0.250. The average molecular weight is 406 g/mol. The van der Waals surface area contributed by atoms with Crippen molar-refractivity contribution >= 4 is 34.6 Å². The van der Waals surface area contributed by atoms with Gasteiger partial charge < -0.3 is 20.1 Å². The molecule has 1 saturated carbocycles. The third-order valence-electron chi connectivity index (χ3n) is 4.74. The molecule has 3 aromatic heterocycles. The number of anilines is 3. The Labute approximate surface area is 171 Å². The van der Waals surface area contributed by atoms with E-state index in [0.29, 0.717) is 34.0 Å². The molecular formula is C20H18N6O4. The van der Waals surface area contributed by atoms with Crippen molar-refractivity contribution in [1.29, 1.82) is 5.26 Å². The molecular weight excluding hydrogens is 388 g/mol. The molecule has 1 fully saturated rings. The van der Waals surface area contributed by atoms with Gasteiger partial charge in [0, 0.05) is 24.4 Å². The van der Waals surface area contributed by atoms with E-state index in [1.807, 2.05) is 0 Å². The van der Waals surface area contributed by atoms with Crippen molar-refractivity contribution in [2.75, 3.05) is 24.9 Å². The molecule has 3 aromatic rings. The number of carbonyl (C=O) groups is 2. The SMILES string of the molecule is COC(=O)c1cnc(NC(=O)C2CC2)cc1Nc1ccn2ncc(C#N)c2c1OC. The van der Waals surface area contributed by atoms with Crippen LogP contribution < -0.4 is 15.4 Å². The summed E-state index contributed by atoms with van der Waals surface area (Å²) in [4.78, 5) is 28.5. The molecule has 1 amide bonds. The Hall–Kier alpha value is -4.13. The lowest BCUT2D eigenvalue weighted by atomic mass is 10.2. The number of methoxy groups -OCH3 is 2. The molecule has 0 bridgehead atoms. The second-order valence-corrected chi connectivity index (χ2v) is 6.72. The molecule has 0 saturated heterocycles. The number of nitrogens with one attached hydrogen (secondary N) is 2. The van der Waals surface area contributed by atoms with Crippen molar-refractivity contribution in [2.45, 2.75) is 12.8 Å². The zero-order chi connectivity index (χ0) is 21.3. The minimum atomic E-state index is -0.591. The highest BCUT2D eigenvalue weighted by molar-refractivity contribution is 5.99. The van der Waals surface area contributed by atoms with Gasteiger partial charge >= 0.3 is 5.97 Å². The number of esters is 1. The van der Waals surface area contributed by atoms with E-state index in [-0.39, 0.29) is 17.4 Å². The Morgan fingerprint density at radius 1 is 1.27 bits per heavy atom. The van der Waals surface area contributed by atoms with Crippen molar-refractivity contribution in [2.24, 2.45) is 5.92 Å². The number of ether oxygens (including phenoxy) is 2. The van der Waals surface area contributed by atoms with E-state index < -0.39 is 5.97 Å². The maximum Gasteiger partial charge on any atom is 0.341 e. The maximum absolute atomic E-state index is 12.2. The van der Waals surface area contributed by atoms with Gasteiger partial charge in [0.2, 0.25) is 5.91 Å². The van der Waals surface area contributed by atoms with E-state index in [2.05, 4.69) is 26.8 Å². The summed E-state index contributed by atoms with van der Waals surface area (Å²) in [5.74, 6) is 0.00698. The van der Waals surface area contributed by atoms with E-state index in [4.69, 9.17) is 9.47 Å². The molecule has 0 radical (unpaired) electrons. The molecule has 1 aliphatic carbocycles. The third-order valence-corrected chi connectivity index (χ3v) is 4.74. The summed E-state index contributed by atoms with van der Waals surface area (Å²) in [6, 6.07) is 5.33. The van der Waals surface area contributed by atoms with E-state index in [0.717, 1.165) is 12.8 Å². The first-order valence-electron chi connectivity index (χ1n) is 9.16. The van der Waals surface area contributed by atoms with Crippen LogP contribution in [0.3, 0.4) is 0 Å². The molecule has 3 heterocycles. The second-order valence-electron chi connectivity index (χ2n) is 6.72. The van der Waals surface area contributed by atoms with Crippen LogP contribution in [-0.2, 0) is 9.53 Å². The fourth-order valence-electron chi connectivity index (χ4n) is 3.06. The number of amides is 1. The lowest BCUT2D eigenvalue weighted by Crippen LogP contribution is -2.15. The number of nitriles is 1. The molecule has 152 valence electrons. The molecule has 1 aliphatic rings. The fourth-order valence-corrected chi connectivity index (χ4v) is 3.06. The van der Waals surface area contributed by atoms with Crippen LogP contribution in [0.1, 0.15) is 28.8 Å². The predicted octanol–water partition coefficient (Wildman–Crippen LogP) is 2.49. The third kappa shape index (κ3) is 3.48. The van der Waals surface area contributed by atoms with Crippen LogP contribution in [-0.4, -0.2) is 40.7 Å². The summed E-state index contributed by atoms with van der Waals surface area (Å²) in [5, 5.41) is 19.4. The molecule has 0 atom stereocenters. The van der Waals surface area contributed by atoms with Gasteiger partial charge in [0.1, 0.15) is 28.5 Å². The van der Waals surface area contributed by atoms with Crippen molar-refractivity contribution in [1.82, 2.24) is 14.6 Å². The molecule has 0 aromatic carbocycles. The van der Waals surface area contributed by atoms with Gasteiger partial charge in [0.25, 0.3) is 0 Å². The zero-order valence-corrected chi connectivity index (χ0v) is 16.3. The smallest absolute Gasteiger partial charge is 0.341 e. The first kappa shape index (κ1) is 19.2. The molecule has 10 heteroatoms. The van der Waals surface area contributed by atoms with Gasteiger partial charge in [0.05, 0.1) is 31.8 Å². The van der Waals surface area contributed by atoms with Crippen molar-refractivity contribution in [3.05, 3.63) is 41.9 Å². The van der Waals surface area contributed by atoms with E-state index in [1.165, 1.54) is 31.1 Å². The molecule has 0 aliphatic heterocycles. The summed E-state index contributed by atoms with van der Waals surface area (Å²) in [6.07, 6.45) is 6.17. The standard InChI is InChI=1S/C20H18N6O4/c1-29-18-14(5-6-26-17(18)12(8-21)9-23-26)24-15-7-16(25-19(27)11-3-4-11)22-10-13(15)20(28)30-2/h5-7,9-11H,3-4H2,1-2H3,(H2,22,24,25,27). The highest BCUT2D eigenvalue weighted by Gasteiger charge is 2.30. The number of rotatable bonds is 6. The van der Waals surface area contributed by atoms with Gasteiger partial charge in [-0.15, -0.1) is 0 Å². The number of fused-ring (bicyclic) bond motifs is 1. The Morgan fingerprint density at radius 2 is 2.07 bits per heavy atom. The van der Waals surface area contributed by atoms with Crippen molar-refractivity contribution in [3.8, 4) is 11.8 Å². The minimum Gasteiger partial charge on any atom is -0.492 e. The van der Waals surface area contributed by atoms with Gasteiger partial charge in [-0.1, -0.05) is 0 Å². The first-order chi connectivity index (χ1) is 14.5. The Kier molecular flexibility index (Phi) is 4.93. The highest BCUT2D eigenvalue weighted by Crippen LogP contribution is 2.35. The molecule has 2 N–H and O–H groups in total. The molecule has 0 spiro atoms. The topological polar surface area (TPSA) is 131 Å². The minimum absolute atomic E-state index is 0.0114. The summed E-state index contributed by atoms with van der Waals surface area (Å²) >= 11 is 0. The summed E-state index contributed by atoms with van der Waals surface area (Å²) < 4.78 is 11.9. The van der Waals surface area contributed by atoms with Crippen LogP contribution >= 0.6 is 0 Å². The normalized spacial score (nSPS) is 12.8. The Bertz CT molecular complexity index is 1190. The van der Waals surface area contributed by atoms with E-state index in [9.17, 15) is 14.9 Å². The molecule has 30 heavy (non-hydrogen) atoms. The van der Waals surface area contributed by atoms with Crippen LogP contribution in [0.4, 0.5) is 17.2 Å². The monoisotopic (exact) mass is 406 g/mol. The first-order valence-corrected chi connectivity index (χ1v) is 9.16. The van der Waals surface area contributed by atoms with Crippen LogP contribution in [0.25, 0.3) is 5.52 Å². The quantitative estimate of drug-likeness (QED) is 0.597. The van der Waals surface area contributed by atoms with Crippen LogP contribution in [0, 0.1) is 17.2 Å². The zero-order valence-electron chi connectivity index (χ0n) is 16.3. The number of pyridine rings is 2. The van der Waals surface area contributed by atoms with Crippen molar-refractivity contribution in [3.63, 3.8) is 0 Å². The largest absolute Gasteiger partial charge is 0.492 e. The lowest BCUT2D eigenvalue weighted by molar-refractivity contribution is -0.117. The summed E-state index contributed by atoms with van der Waals surface area (Å²) in [7, 11) is 2.75. The highest BCUT2D eigenvalue weighted by atomic mass is 16.5. The van der Waals surface area contributed by atoms with Gasteiger partial charge in [-0.25, -0.2) is 14.3 Å². The number of nitrogens with zero attached hydrogens (tertiary/aromatic N) is 4. The number of hydrogen-bond donors (Lipinski definition) is 2. The van der Waals surface area contributed by atoms with Gasteiger partial charge in [-0.2, -0.15) is 10.4 Å². The molecule has 4 rings (SSSR count). The van der Waals surface area contributed by atoms with Gasteiger partial charge in [-0.3, -0.25) is 4.79 Å². The number of aromatic nitrogens is 3. The second kappa shape index (κ2) is 7.71. The van der Waals surface area contributed by atoms with Gasteiger partial charge in [0.15, 0.2) is 5.75 Å². The maximum atomic E-state index is 12.2. The summed E-state index contributed by atoms with van der Waals surface area (Å²) in [6.45, 7) is 0. The summed E-state index contributed by atoms with van der Waals surface area (Å²) in [5.41, 5.74) is 1.87. The molecule has 10 nitrogen and oxygen atoms in total. The Morgan fingerprint density at radius 3 is 2.73 bits per heavy atom.